The Hall–Kier alpha value is -1.82. The van der Waals surface area contributed by atoms with Crippen LogP contribution in [0.1, 0.15) is 31.3 Å². The molecule has 1 aromatic heterocycles. The molecule has 102 valence electrons. The lowest BCUT2D eigenvalue weighted by molar-refractivity contribution is 0.449. The molecule has 0 fully saturated rings. The molecule has 1 unspecified atom stereocenters. The van der Waals surface area contributed by atoms with Gasteiger partial charge in [0, 0.05) is 0 Å². The van der Waals surface area contributed by atoms with Gasteiger partial charge in [-0.15, -0.1) is 5.10 Å². The summed E-state index contributed by atoms with van der Waals surface area (Å²) in [6, 6.07) is 6.66. The summed E-state index contributed by atoms with van der Waals surface area (Å²) in [6.45, 7) is 5.61. The maximum atomic E-state index is 12.9. The van der Waals surface area contributed by atoms with Crippen molar-refractivity contribution in [2.75, 3.05) is 6.54 Å². The van der Waals surface area contributed by atoms with Crippen molar-refractivity contribution in [1.29, 1.82) is 0 Å². The van der Waals surface area contributed by atoms with Gasteiger partial charge >= 0.3 is 0 Å². The number of hydrogen-bond acceptors (Lipinski definition) is 4. The SMILES string of the molecule is CCNCc1nnnn1C(C)Cc1ccc(F)cc1. The van der Waals surface area contributed by atoms with Crippen LogP contribution >= 0.6 is 0 Å². The van der Waals surface area contributed by atoms with E-state index < -0.39 is 0 Å². The molecule has 2 aromatic rings. The fourth-order valence-electron chi connectivity index (χ4n) is 1.96. The second kappa shape index (κ2) is 6.38. The molecule has 6 heteroatoms. The zero-order chi connectivity index (χ0) is 13.7. The average molecular weight is 263 g/mol. The summed E-state index contributed by atoms with van der Waals surface area (Å²) >= 11 is 0. The van der Waals surface area contributed by atoms with Gasteiger partial charge in [-0.2, -0.15) is 0 Å². The van der Waals surface area contributed by atoms with Crippen LogP contribution in [0, 0.1) is 5.82 Å². The van der Waals surface area contributed by atoms with Crippen LogP contribution in [0.3, 0.4) is 0 Å². The first-order valence-corrected chi connectivity index (χ1v) is 6.42. The lowest BCUT2D eigenvalue weighted by Gasteiger charge is -2.13. The van der Waals surface area contributed by atoms with Crippen LogP contribution < -0.4 is 5.32 Å². The standard InChI is InChI=1S/C13H18FN5/c1-3-15-9-13-16-17-18-19(13)10(2)8-11-4-6-12(14)7-5-11/h4-7,10,15H,3,8-9H2,1-2H3. The number of halogens is 1. The maximum absolute atomic E-state index is 12.9. The van der Waals surface area contributed by atoms with Crippen molar-refractivity contribution < 1.29 is 4.39 Å². The molecule has 0 saturated carbocycles. The number of nitrogens with one attached hydrogen (secondary N) is 1. The van der Waals surface area contributed by atoms with Crippen LogP contribution in [0.15, 0.2) is 24.3 Å². The molecule has 19 heavy (non-hydrogen) atoms. The summed E-state index contributed by atoms with van der Waals surface area (Å²) < 4.78 is 14.7. The number of tetrazole rings is 1. The first kappa shape index (κ1) is 13.6. The van der Waals surface area contributed by atoms with Crippen LogP contribution in [-0.4, -0.2) is 26.8 Å². The predicted octanol–water partition coefficient (Wildman–Crippen LogP) is 1.73. The Morgan fingerprint density at radius 2 is 2.05 bits per heavy atom. The predicted molar refractivity (Wildman–Crippen MR) is 70.0 cm³/mol. The minimum Gasteiger partial charge on any atom is -0.310 e. The summed E-state index contributed by atoms with van der Waals surface area (Å²) in [7, 11) is 0. The van der Waals surface area contributed by atoms with E-state index in [1.807, 2.05) is 11.6 Å². The quantitative estimate of drug-likeness (QED) is 0.862. The summed E-state index contributed by atoms with van der Waals surface area (Å²) in [5, 5.41) is 15.0. The Bertz CT molecular complexity index is 508. The molecular weight excluding hydrogens is 245 g/mol. The number of nitrogens with zero attached hydrogens (tertiary/aromatic N) is 4. The van der Waals surface area contributed by atoms with E-state index in [4.69, 9.17) is 0 Å². The Labute approximate surface area is 111 Å². The number of benzene rings is 1. The van der Waals surface area contributed by atoms with Gasteiger partial charge < -0.3 is 5.32 Å². The third-order valence-corrected chi connectivity index (χ3v) is 2.96. The fourth-order valence-corrected chi connectivity index (χ4v) is 1.96. The number of aromatic nitrogens is 4. The largest absolute Gasteiger partial charge is 0.310 e. The highest BCUT2D eigenvalue weighted by Crippen LogP contribution is 2.14. The number of hydrogen-bond donors (Lipinski definition) is 1. The molecule has 0 aliphatic rings. The highest BCUT2D eigenvalue weighted by Gasteiger charge is 2.13. The van der Waals surface area contributed by atoms with Crippen LogP contribution in [-0.2, 0) is 13.0 Å². The highest BCUT2D eigenvalue weighted by atomic mass is 19.1. The van der Waals surface area contributed by atoms with Crippen molar-refractivity contribution in [3.63, 3.8) is 0 Å². The Kier molecular flexibility index (Phi) is 4.57. The summed E-state index contributed by atoms with van der Waals surface area (Å²) in [5.41, 5.74) is 1.07. The third kappa shape index (κ3) is 3.57. The van der Waals surface area contributed by atoms with Crippen LogP contribution in [0.5, 0.6) is 0 Å². The summed E-state index contributed by atoms with van der Waals surface area (Å²) in [4.78, 5) is 0. The van der Waals surface area contributed by atoms with Crippen molar-refractivity contribution in [2.45, 2.75) is 32.9 Å². The molecule has 1 N–H and O–H groups in total. The molecule has 1 heterocycles. The van der Waals surface area contributed by atoms with E-state index in [0.29, 0.717) is 6.54 Å². The first-order chi connectivity index (χ1) is 9.20. The van der Waals surface area contributed by atoms with E-state index in [1.165, 1.54) is 12.1 Å². The Morgan fingerprint density at radius 3 is 2.74 bits per heavy atom. The molecule has 0 amide bonds. The summed E-state index contributed by atoms with van der Waals surface area (Å²) in [6.07, 6.45) is 0.768. The van der Waals surface area contributed by atoms with E-state index >= 15 is 0 Å². The van der Waals surface area contributed by atoms with Crippen LogP contribution in [0.2, 0.25) is 0 Å². The smallest absolute Gasteiger partial charge is 0.165 e. The minimum absolute atomic E-state index is 0.133. The minimum atomic E-state index is -0.216. The van der Waals surface area contributed by atoms with Gasteiger partial charge in [0.15, 0.2) is 5.82 Å². The van der Waals surface area contributed by atoms with E-state index in [9.17, 15) is 4.39 Å². The van der Waals surface area contributed by atoms with Crippen molar-refractivity contribution in [3.05, 3.63) is 41.5 Å². The monoisotopic (exact) mass is 263 g/mol. The summed E-state index contributed by atoms with van der Waals surface area (Å²) in [5.74, 6) is 0.600. The van der Waals surface area contributed by atoms with Crippen LogP contribution in [0.25, 0.3) is 0 Å². The van der Waals surface area contributed by atoms with Gasteiger partial charge in [-0.3, -0.25) is 0 Å². The van der Waals surface area contributed by atoms with E-state index in [-0.39, 0.29) is 11.9 Å². The number of rotatable bonds is 6. The van der Waals surface area contributed by atoms with Gasteiger partial charge in [0.2, 0.25) is 0 Å². The highest BCUT2D eigenvalue weighted by molar-refractivity contribution is 5.16. The van der Waals surface area contributed by atoms with E-state index in [2.05, 4.69) is 27.8 Å². The van der Waals surface area contributed by atoms with Crippen molar-refractivity contribution >= 4 is 0 Å². The zero-order valence-electron chi connectivity index (χ0n) is 11.2. The Balaban J connectivity index is 2.05. The third-order valence-electron chi connectivity index (χ3n) is 2.96. The van der Waals surface area contributed by atoms with Crippen LogP contribution in [0.4, 0.5) is 4.39 Å². The topological polar surface area (TPSA) is 55.6 Å². The molecule has 0 spiro atoms. The molecule has 0 aliphatic carbocycles. The zero-order valence-corrected chi connectivity index (χ0v) is 11.2. The van der Waals surface area contributed by atoms with Gasteiger partial charge in [0.25, 0.3) is 0 Å². The molecule has 0 bridgehead atoms. The van der Waals surface area contributed by atoms with Crippen molar-refractivity contribution in [2.24, 2.45) is 0 Å². The van der Waals surface area contributed by atoms with Crippen molar-refractivity contribution in [3.8, 4) is 0 Å². The Morgan fingerprint density at radius 1 is 1.32 bits per heavy atom. The molecule has 0 radical (unpaired) electrons. The maximum Gasteiger partial charge on any atom is 0.165 e. The molecule has 2 rings (SSSR count). The molecular formula is C13H18FN5. The van der Waals surface area contributed by atoms with Crippen molar-refractivity contribution in [1.82, 2.24) is 25.5 Å². The van der Waals surface area contributed by atoms with E-state index in [1.54, 1.807) is 12.1 Å². The fraction of sp³-hybridized carbons (Fsp3) is 0.462. The second-order valence-corrected chi connectivity index (χ2v) is 4.50. The molecule has 0 saturated heterocycles. The van der Waals surface area contributed by atoms with Gasteiger partial charge in [-0.25, -0.2) is 9.07 Å². The normalized spacial score (nSPS) is 12.6. The van der Waals surface area contributed by atoms with Gasteiger partial charge in [-0.05, 0) is 48.0 Å². The molecule has 1 aromatic carbocycles. The van der Waals surface area contributed by atoms with Gasteiger partial charge in [0.05, 0.1) is 12.6 Å². The lowest BCUT2D eigenvalue weighted by Crippen LogP contribution is -2.20. The molecule has 5 nitrogen and oxygen atoms in total. The lowest BCUT2D eigenvalue weighted by atomic mass is 10.1. The van der Waals surface area contributed by atoms with Gasteiger partial charge in [0.1, 0.15) is 5.82 Å². The first-order valence-electron chi connectivity index (χ1n) is 6.42. The molecule has 0 aliphatic heterocycles. The molecule has 1 atom stereocenters. The average Bonchev–Trinajstić information content (AvgIpc) is 2.87. The van der Waals surface area contributed by atoms with Gasteiger partial charge in [-0.1, -0.05) is 19.1 Å². The van der Waals surface area contributed by atoms with E-state index in [0.717, 1.165) is 24.4 Å². The second-order valence-electron chi connectivity index (χ2n) is 4.50.